The first-order chi connectivity index (χ1) is 10.0. The molecule has 2 aromatic rings. The van der Waals surface area contributed by atoms with E-state index in [-0.39, 0.29) is 18.6 Å². The second-order valence-corrected chi connectivity index (χ2v) is 5.64. The van der Waals surface area contributed by atoms with Gasteiger partial charge in [-0.15, -0.1) is 11.3 Å². The lowest BCUT2D eigenvalue weighted by Gasteiger charge is -2.13. The number of carboxylic acid groups (broad SMARTS) is 1. The molecule has 7 nitrogen and oxygen atoms in total. The number of urea groups is 1. The summed E-state index contributed by atoms with van der Waals surface area (Å²) in [4.78, 5) is 23.6. The zero-order valence-corrected chi connectivity index (χ0v) is 12.3. The Bertz CT molecular complexity index is 609. The van der Waals surface area contributed by atoms with Crippen molar-refractivity contribution in [2.75, 3.05) is 5.32 Å². The number of amides is 2. The van der Waals surface area contributed by atoms with Crippen molar-refractivity contribution in [3.8, 4) is 0 Å². The molecular formula is C13H16N4O3S. The van der Waals surface area contributed by atoms with Crippen molar-refractivity contribution in [3.63, 3.8) is 0 Å². The summed E-state index contributed by atoms with van der Waals surface area (Å²) in [5.41, 5.74) is 0.456. The minimum absolute atomic E-state index is 0.00212. The first kappa shape index (κ1) is 15.0. The van der Waals surface area contributed by atoms with Gasteiger partial charge < -0.3 is 15.7 Å². The molecule has 0 aliphatic heterocycles. The standard InChI is InChI=1S/C13H16N4O3S/c1-9(5-11-3-2-4-21-11)15-13(20)16-10-6-14-17(7-10)8-12(18)19/h2-4,6-7,9H,5,8H2,1H3,(H,18,19)(H2,15,16,20). The van der Waals surface area contributed by atoms with Gasteiger partial charge in [0, 0.05) is 23.5 Å². The molecule has 2 heterocycles. The van der Waals surface area contributed by atoms with E-state index >= 15 is 0 Å². The van der Waals surface area contributed by atoms with Gasteiger partial charge in [0.25, 0.3) is 0 Å². The number of nitrogens with zero attached hydrogens (tertiary/aromatic N) is 2. The molecule has 1 unspecified atom stereocenters. The fourth-order valence-corrected chi connectivity index (χ4v) is 2.66. The van der Waals surface area contributed by atoms with Crippen LogP contribution < -0.4 is 10.6 Å². The molecule has 3 N–H and O–H groups in total. The van der Waals surface area contributed by atoms with E-state index in [1.54, 1.807) is 11.3 Å². The number of aromatic nitrogens is 2. The number of carboxylic acids is 1. The van der Waals surface area contributed by atoms with Crippen LogP contribution in [0, 0.1) is 0 Å². The number of anilines is 1. The van der Waals surface area contributed by atoms with E-state index in [9.17, 15) is 9.59 Å². The predicted octanol–water partition coefficient (Wildman–Crippen LogP) is 1.78. The zero-order valence-electron chi connectivity index (χ0n) is 11.4. The van der Waals surface area contributed by atoms with E-state index < -0.39 is 5.97 Å². The monoisotopic (exact) mass is 308 g/mol. The summed E-state index contributed by atoms with van der Waals surface area (Å²) in [7, 11) is 0. The molecule has 0 bridgehead atoms. The number of aliphatic carboxylic acids is 1. The summed E-state index contributed by atoms with van der Waals surface area (Å²) in [6, 6.07) is 3.66. The average molecular weight is 308 g/mol. The molecule has 0 radical (unpaired) electrons. The van der Waals surface area contributed by atoms with Crippen LogP contribution in [0.25, 0.3) is 0 Å². The van der Waals surface area contributed by atoms with Crippen molar-refractivity contribution in [2.24, 2.45) is 0 Å². The number of rotatable bonds is 6. The molecule has 0 saturated carbocycles. The van der Waals surface area contributed by atoms with E-state index in [0.717, 1.165) is 6.42 Å². The third kappa shape index (κ3) is 4.92. The van der Waals surface area contributed by atoms with Gasteiger partial charge in [0.1, 0.15) is 6.54 Å². The van der Waals surface area contributed by atoms with Crippen molar-refractivity contribution < 1.29 is 14.7 Å². The van der Waals surface area contributed by atoms with Crippen molar-refractivity contribution in [3.05, 3.63) is 34.8 Å². The quantitative estimate of drug-likeness (QED) is 0.758. The Hall–Kier alpha value is -2.35. The van der Waals surface area contributed by atoms with Gasteiger partial charge in [0.15, 0.2) is 0 Å². The molecule has 112 valence electrons. The fraction of sp³-hybridized carbons (Fsp3) is 0.308. The van der Waals surface area contributed by atoms with Crippen molar-refractivity contribution in [2.45, 2.75) is 25.9 Å². The molecule has 2 rings (SSSR count). The highest BCUT2D eigenvalue weighted by Crippen LogP contribution is 2.11. The lowest BCUT2D eigenvalue weighted by molar-refractivity contribution is -0.137. The van der Waals surface area contributed by atoms with Crippen molar-refractivity contribution in [1.82, 2.24) is 15.1 Å². The van der Waals surface area contributed by atoms with Crippen LogP contribution in [0.15, 0.2) is 29.9 Å². The third-order valence-corrected chi connectivity index (χ3v) is 3.55. The molecule has 2 aromatic heterocycles. The highest BCUT2D eigenvalue weighted by molar-refractivity contribution is 7.09. The van der Waals surface area contributed by atoms with Crippen LogP contribution in [0.5, 0.6) is 0 Å². The van der Waals surface area contributed by atoms with Gasteiger partial charge in [-0.3, -0.25) is 9.48 Å². The van der Waals surface area contributed by atoms with Crippen molar-refractivity contribution >= 4 is 29.0 Å². The average Bonchev–Trinajstić information content (AvgIpc) is 3.00. The Balaban J connectivity index is 1.81. The molecular weight excluding hydrogens is 292 g/mol. The Morgan fingerprint density at radius 3 is 3.00 bits per heavy atom. The van der Waals surface area contributed by atoms with E-state index in [1.165, 1.54) is 22.0 Å². The summed E-state index contributed by atoms with van der Waals surface area (Å²) in [5, 5.41) is 19.9. The van der Waals surface area contributed by atoms with Crippen molar-refractivity contribution in [1.29, 1.82) is 0 Å². The molecule has 0 spiro atoms. The minimum atomic E-state index is -0.987. The summed E-state index contributed by atoms with van der Waals surface area (Å²) in [6.07, 6.45) is 3.65. The maximum Gasteiger partial charge on any atom is 0.325 e. The van der Waals surface area contributed by atoms with Gasteiger partial charge in [-0.25, -0.2) is 4.79 Å². The molecule has 1 atom stereocenters. The Labute approximate surface area is 125 Å². The second kappa shape index (κ2) is 6.89. The Morgan fingerprint density at radius 2 is 2.33 bits per heavy atom. The van der Waals surface area contributed by atoms with Crippen LogP contribution in [0.1, 0.15) is 11.8 Å². The second-order valence-electron chi connectivity index (χ2n) is 4.60. The molecule has 0 saturated heterocycles. The summed E-state index contributed by atoms with van der Waals surface area (Å²) >= 11 is 1.65. The first-order valence-electron chi connectivity index (χ1n) is 6.37. The number of thiophene rings is 1. The van der Waals surface area contributed by atoms with Crippen LogP contribution in [-0.4, -0.2) is 32.9 Å². The van der Waals surface area contributed by atoms with Gasteiger partial charge >= 0.3 is 12.0 Å². The van der Waals surface area contributed by atoms with Gasteiger partial charge in [0.2, 0.25) is 0 Å². The van der Waals surface area contributed by atoms with Crippen LogP contribution >= 0.6 is 11.3 Å². The smallest absolute Gasteiger partial charge is 0.325 e. The topological polar surface area (TPSA) is 96.3 Å². The van der Waals surface area contributed by atoms with Gasteiger partial charge in [-0.2, -0.15) is 5.10 Å². The zero-order chi connectivity index (χ0) is 15.2. The fourth-order valence-electron chi connectivity index (χ4n) is 1.83. The third-order valence-electron chi connectivity index (χ3n) is 2.65. The van der Waals surface area contributed by atoms with Gasteiger partial charge in [-0.05, 0) is 18.4 Å². The molecule has 2 amide bonds. The number of hydrogen-bond donors (Lipinski definition) is 3. The minimum Gasteiger partial charge on any atom is -0.480 e. The SMILES string of the molecule is CC(Cc1cccs1)NC(=O)Nc1cnn(CC(=O)O)c1. The number of carbonyl (C=O) groups excluding carboxylic acids is 1. The van der Waals surface area contributed by atoms with E-state index in [2.05, 4.69) is 15.7 Å². The molecule has 0 aliphatic rings. The highest BCUT2D eigenvalue weighted by Gasteiger charge is 2.10. The molecule has 21 heavy (non-hydrogen) atoms. The van der Waals surface area contributed by atoms with Crippen LogP contribution in [0.2, 0.25) is 0 Å². The van der Waals surface area contributed by atoms with Crippen LogP contribution in [-0.2, 0) is 17.8 Å². The van der Waals surface area contributed by atoms with Crippen LogP contribution in [0.3, 0.4) is 0 Å². The summed E-state index contributed by atoms with van der Waals surface area (Å²) < 4.78 is 1.24. The lowest BCUT2D eigenvalue weighted by atomic mass is 10.2. The Kier molecular flexibility index (Phi) is 4.94. The maximum atomic E-state index is 11.8. The summed E-state index contributed by atoms with van der Waals surface area (Å²) in [5.74, 6) is -0.987. The summed E-state index contributed by atoms with van der Waals surface area (Å²) in [6.45, 7) is 1.69. The molecule has 0 aliphatic carbocycles. The predicted molar refractivity (Wildman–Crippen MR) is 79.5 cm³/mol. The molecule has 0 aromatic carbocycles. The van der Waals surface area contributed by atoms with E-state index in [1.807, 2.05) is 24.4 Å². The molecule has 0 fully saturated rings. The van der Waals surface area contributed by atoms with Gasteiger partial charge in [-0.1, -0.05) is 6.07 Å². The lowest BCUT2D eigenvalue weighted by Crippen LogP contribution is -2.37. The van der Waals surface area contributed by atoms with E-state index in [0.29, 0.717) is 5.69 Å². The molecule has 8 heteroatoms. The Morgan fingerprint density at radius 1 is 1.52 bits per heavy atom. The largest absolute Gasteiger partial charge is 0.480 e. The van der Waals surface area contributed by atoms with E-state index in [4.69, 9.17) is 5.11 Å². The van der Waals surface area contributed by atoms with Crippen LogP contribution in [0.4, 0.5) is 10.5 Å². The number of carbonyl (C=O) groups is 2. The normalized spacial score (nSPS) is 11.9. The number of hydrogen-bond acceptors (Lipinski definition) is 4. The first-order valence-corrected chi connectivity index (χ1v) is 7.25. The highest BCUT2D eigenvalue weighted by atomic mass is 32.1. The number of nitrogens with one attached hydrogen (secondary N) is 2. The maximum absolute atomic E-state index is 11.8. The van der Waals surface area contributed by atoms with Gasteiger partial charge in [0.05, 0.1) is 11.9 Å².